The van der Waals surface area contributed by atoms with Crippen LogP contribution in [-0.2, 0) is 4.79 Å². The van der Waals surface area contributed by atoms with Gasteiger partial charge in [0, 0.05) is 19.6 Å². The van der Waals surface area contributed by atoms with Crippen LogP contribution in [0.15, 0.2) is 0 Å². The maximum absolute atomic E-state index is 11.6. The number of urea groups is 1. The molecule has 1 atom stereocenters. The van der Waals surface area contributed by atoms with Crippen molar-refractivity contribution < 1.29 is 19.8 Å². The van der Waals surface area contributed by atoms with E-state index >= 15 is 0 Å². The fraction of sp³-hybridized carbons (Fsp3) is 0.846. The van der Waals surface area contributed by atoms with Gasteiger partial charge in [0.15, 0.2) is 0 Å². The lowest BCUT2D eigenvalue weighted by Gasteiger charge is -2.26. The lowest BCUT2D eigenvalue weighted by atomic mass is 9.83. The minimum Gasteiger partial charge on any atom is -0.480 e. The number of nitrogens with one attached hydrogen (secondary N) is 2. The van der Waals surface area contributed by atoms with Crippen molar-refractivity contribution in [3.63, 3.8) is 0 Å². The molecule has 0 aliphatic heterocycles. The van der Waals surface area contributed by atoms with Crippen LogP contribution in [0.25, 0.3) is 0 Å². The summed E-state index contributed by atoms with van der Waals surface area (Å²) in [5.74, 6) is 0.129. The average Bonchev–Trinajstić information content (AvgIpc) is 2.37. The predicted molar refractivity (Wildman–Crippen MR) is 70.8 cm³/mol. The van der Waals surface area contributed by atoms with Gasteiger partial charge in [-0.25, -0.2) is 9.59 Å². The van der Waals surface area contributed by atoms with Crippen LogP contribution in [-0.4, -0.2) is 41.4 Å². The summed E-state index contributed by atoms with van der Waals surface area (Å²) in [5, 5.41) is 22.6. The number of aliphatic carboxylic acids is 1. The van der Waals surface area contributed by atoms with E-state index < -0.39 is 18.0 Å². The standard InChI is InChI=1S/C13H24N2O4/c1-9-2-4-10(5-3-9)8-14-13(19)15-11(6-7-16)12(17)18/h9-11,16H,2-8H2,1H3,(H,17,18)(H2,14,15,19)/t9?,10?,11-/m1/s1. The number of carboxylic acid groups (broad SMARTS) is 1. The highest BCUT2D eigenvalue weighted by molar-refractivity contribution is 5.82. The molecule has 1 aliphatic rings. The van der Waals surface area contributed by atoms with Gasteiger partial charge in [-0.1, -0.05) is 19.8 Å². The van der Waals surface area contributed by atoms with Gasteiger partial charge >= 0.3 is 12.0 Å². The van der Waals surface area contributed by atoms with Gasteiger partial charge in [0.2, 0.25) is 0 Å². The molecule has 0 unspecified atom stereocenters. The Morgan fingerprint density at radius 1 is 1.26 bits per heavy atom. The molecule has 0 saturated heterocycles. The zero-order chi connectivity index (χ0) is 14.3. The average molecular weight is 272 g/mol. The highest BCUT2D eigenvalue weighted by Crippen LogP contribution is 2.27. The van der Waals surface area contributed by atoms with Gasteiger partial charge in [-0.3, -0.25) is 0 Å². The normalized spacial score (nSPS) is 24.5. The second kappa shape index (κ2) is 7.99. The summed E-state index contributed by atoms with van der Waals surface area (Å²) in [6.45, 7) is 2.56. The van der Waals surface area contributed by atoms with E-state index in [1.54, 1.807) is 0 Å². The molecule has 0 spiro atoms. The Bertz CT molecular complexity index is 301. The summed E-state index contributed by atoms with van der Waals surface area (Å²) >= 11 is 0. The van der Waals surface area contributed by atoms with Gasteiger partial charge in [-0.15, -0.1) is 0 Å². The molecule has 1 aliphatic carbocycles. The molecule has 4 N–H and O–H groups in total. The van der Waals surface area contributed by atoms with Crippen LogP contribution in [0, 0.1) is 11.8 Å². The van der Waals surface area contributed by atoms with Gasteiger partial charge in [-0.2, -0.15) is 0 Å². The van der Waals surface area contributed by atoms with Gasteiger partial charge in [0.1, 0.15) is 6.04 Å². The second-order valence-electron chi connectivity index (χ2n) is 5.38. The molecule has 6 nitrogen and oxygen atoms in total. The van der Waals surface area contributed by atoms with Crippen LogP contribution in [0.5, 0.6) is 0 Å². The van der Waals surface area contributed by atoms with Crippen molar-refractivity contribution >= 4 is 12.0 Å². The van der Waals surface area contributed by atoms with Crippen molar-refractivity contribution in [2.75, 3.05) is 13.2 Å². The summed E-state index contributed by atoms with van der Waals surface area (Å²) in [6, 6.07) is -1.50. The summed E-state index contributed by atoms with van der Waals surface area (Å²) in [6.07, 6.45) is 4.62. The van der Waals surface area contributed by atoms with E-state index in [0.717, 1.165) is 18.8 Å². The molecular weight excluding hydrogens is 248 g/mol. The first-order valence-corrected chi connectivity index (χ1v) is 6.91. The van der Waals surface area contributed by atoms with Crippen molar-refractivity contribution in [1.29, 1.82) is 0 Å². The van der Waals surface area contributed by atoms with Gasteiger partial charge in [-0.05, 0) is 24.7 Å². The monoisotopic (exact) mass is 272 g/mol. The summed E-state index contributed by atoms with van der Waals surface area (Å²) in [4.78, 5) is 22.4. The fourth-order valence-electron chi connectivity index (χ4n) is 2.37. The van der Waals surface area contributed by atoms with Crippen LogP contribution < -0.4 is 10.6 Å². The Morgan fingerprint density at radius 2 is 1.89 bits per heavy atom. The molecule has 1 saturated carbocycles. The number of carboxylic acids is 1. The Kier molecular flexibility index (Phi) is 6.62. The maximum atomic E-state index is 11.6. The van der Waals surface area contributed by atoms with Gasteiger partial charge in [0.25, 0.3) is 0 Å². The molecule has 0 heterocycles. The number of aliphatic hydroxyl groups is 1. The largest absolute Gasteiger partial charge is 0.480 e. The molecule has 0 bridgehead atoms. The first-order chi connectivity index (χ1) is 9.02. The van der Waals surface area contributed by atoms with Crippen molar-refractivity contribution in [2.24, 2.45) is 11.8 Å². The Hall–Kier alpha value is -1.30. The van der Waals surface area contributed by atoms with Crippen LogP contribution in [0.3, 0.4) is 0 Å². The third-order valence-electron chi connectivity index (χ3n) is 3.71. The SMILES string of the molecule is CC1CCC(CNC(=O)N[C@H](CCO)C(=O)O)CC1. The molecule has 6 heteroatoms. The first-order valence-electron chi connectivity index (χ1n) is 6.91. The second-order valence-corrected chi connectivity index (χ2v) is 5.38. The van der Waals surface area contributed by atoms with Gasteiger partial charge in [0.05, 0.1) is 0 Å². The Labute approximate surface area is 113 Å². The van der Waals surface area contributed by atoms with Crippen LogP contribution in [0.4, 0.5) is 4.79 Å². The summed E-state index contributed by atoms with van der Waals surface area (Å²) < 4.78 is 0. The van der Waals surface area contributed by atoms with E-state index in [9.17, 15) is 9.59 Å². The summed E-state index contributed by atoms with van der Waals surface area (Å²) in [7, 11) is 0. The van der Waals surface area contributed by atoms with E-state index in [0.29, 0.717) is 12.5 Å². The van der Waals surface area contributed by atoms with Crippen molar-refractivity contribution in [3.8, 4) is 0 Å². The molecule has 0 aromatic carbocycles. The minimum atomic E-state index is -1.13. The maximum Gasteiger partial charge on any atom is 0.326 e. The molecule has 0 aromatic rings. The zero-order valence-electron chi connectivity index (χ0n) is 11.4. The molecule has 0 radical (unpaired) electrons. The molecule has 0 aromatic heterocycles. The molecule has 2 amide bonds. The number of carbonyl (C=O) groups is 2. The number of hydrogen-bond acceptors (Lipinski definition) is 3. The van der Waals surface area contributed by atoms with Crippen molar-refractivity contribution in [3.05, 3.63) is 0 Å². The number of rotatable bonds is 6. The highest BCUT2D eigenvalue weighted by atomic mass is 16.4. The number of carbonyl (C=O) groups excluding carboxylic acids is 1. The zero-order valence-corrected chi connectivity index (χ0v) is 11.4. The quantitative estimate of drug-likeness (QED) is 0.578. The highest BCUT2D eigenvalue weighted by Gasteiger charge is 2.21. The topological polar surface area (TPSA) is 98.7 Å². The third kappa shape index (κ3) is 5.92. The van der Waals surface area contributed by atoms with Crippen LogP contribution >= 0.6 is 0 Å². The Balaban J connectivity index is 2.24. The van der Waals surface area contributed by atoms with E-state index in [1.165, 1.54) is 12.8 Å². The Morgan fingerprint density at radius 3 is 2.42 bits per heavy atom. The fourth-order valence-corrected chi connectivity index (χ4v) is 2.37. The number of amides is 2. The minimum absolute atomic E-state index is 0.0176. The molecule has 1 fully saturated rings. The first kappa shape index (κ1) is 15.8. The third-order valence-corrected chi connectivity index (χ3v) is 3.71. The van der Waals surface area contributed by atoms with Gasteiger partial charge < -0.3 is 20.8 Å². The van der Waals surface area contributed by atoms with Crippen LogP contribution in [0.1, 0.15) is 39.0 Å². The summed E-state index contributed by atoms with van der Waals surface area (Å²) in [5.41, 5.74) is 0. The van der Waals surface area contributed by atoms with E-state index in [1.807, 2.05) is 0 Å². The molecule has 110 valence electrons. The lowest BCUT2D eigenvalue weighted by molar-refractivity contribution is -0.139. The number of hydrogen-bond donors (Lipinski definition) is 4. The van der Waals surface area contributed by atoms with Crippen LogP contribution in [0.2, 0.25) is 0 Å². The smallest absolute Gasteiger partial charge is 0.326 e. The molecular formula is C13H24N2O4. The number of aliphatic hydroxyl groups excluding tert-OH is 1. The molecule has 19 heavy (non-hydrogen) atoms. The molecule has 1 rings (SSSR count). The van der Waals surface area contributed by atoms with E-state index in [4.69, 9.17) is 10.2 Å². The van der Waals surface area contributed by atoms with Crippen molar-refractivity contribution in [1.82, 2.24) is 10.6 Å². The van der Waals surface area contributed by atoms with E-state index in [-0.39, 0.29) is 13.0 Å². The van der Waals surface area contributed by atoms with Crippen molar-refractivity contribution in [2.45, 2.75) is 45.1 Å². The lowest BCUT2D eigenvalue weighted by Crippen LogP contribution is -2.47. The van der Waals surface area contributed by atoms with E-state index in [2.05, 4.69) is 17.6 Å². The predicted octanol–water partition coefficient (Wildman–Crippen LogP) is 0.947.